The van der Waals surface area contributed by atoms with E-state index in [2.05, 4.69) is 26.2 Å². The number of amides is 1. The predicted molar refractivity (Wildman–Crippen MR) is 84.3 cm³/mol. The summed E-state index contributed by atoms with van der Waals surface area (Å²) in [4.78, 5) is 25.5. The van der Waals surface area contributed by atoms with Crippen molar-refractivity contribution in [3.05, 3.63) is 57.8 Å². The number of aryl methyl sites for hydroxylation is 1. The highest BCUT2D eigenvalue weighted by Gasteiger charge is 2.14. The molecule has 0 atom stereocenters. The number of hydrogen-bond donors (Lipinski definition) is 3. The van der Waals surface area contributed by atoms with Gasteiger partial charge in [-0.15, -0.1) is 0 Å². The van der Waals surface area contributed by atoms with E-state index in [-0.39, 0.29) is 17.3 Å². The van der Waals surface area contributed by atoms with Gasteiger partial charge in [0.1, 0.15) is 5.69 Å². The van der Waals surface area contributed by atoms with E-state index in [0.29, 0.717) is 5.69 Å². The van der Waals surface area contributed by atoms with Crippen LogP contribution in [0.5, 0.6) is 0 Å². The molecule has 1 aromatic heterocycles. The second-order valence-electron chi connectivity index (χ2n) is 4.42. The number of aromatic nitrogens is 1. The Hall–Kier alpha value is -2.34. The molecule has 2 aromatic rings. The van der Waals surface area contributed by atoms with Gasteiger partial charge in [0, 0.05) is 16.2 Å². The second kappa shape index (κ2) is 6.41. The topological polar surface area (TPSA) is 82.2 Å². The lowest BCUT2D eigenvalue weighted by Crippen LogP contribution is -2.10. The van der Waals surface area contributed by atoms with Crippen LogP contribution in [0.2, 0.25) is 0 Å². The van der Waals surface area contributed by atoms with Crippen LogP contribution in [0.4, 0.5) is 5.69 Å². The maximum absolute atomic E-state index is 11.8. The molecule has 0 aliphatic rings. The first-order valence-corrected chi connectivity index (χ1v) is 6.92. The van der Waals surface area contributed by atoms with E-state index >= 15 is 0 Å². The SMILES string of the molecule is Cc1cc(NC(=O)/C=C/c2ccc(Br)cc2)c(C(=O)O)[nH]1. The zero-order valence-corrected chi connectivity index (χ0v) is 12.8. The van der Waals surface area contributed by atoms with Gasteiger partial charge in [0.25, 0.3) is 0 Å². The number of H-pyrrole nitrogens is 1. The lowest BCUT2D eigenvalue weighted by atomic mass is 10.2. The van der Waals surface area contributed by atoms with Gasteiger partial charge in [-0.1, -0.05) is 28.1 Å². The summed E-state index contributed by atoms with van der Waals surface area (Å²) in [6.45, 7) is 1.72. The number of carbonyl (C=O) groups is 2. The second-order valence-corrected chi connectivity index (χ2v) is 5.34. The molecule has 0 fully saturated rings. The van der Waals surface area contributed by atoms with Crippen molar-refractivity contribution >= 4 is 39.6 Å². The van der Waals surface area contributed by atoms with Crippen LogP contribution >= 0.6 is 15.9 Å². The van der Waals surface area contributed by atoms with Crippen LogP contribution in [0.3, 0.4) is 0 Å². The van der Waals surface area contributed by atoms with E-state index in [0.717, 1.165) is 10.0 Å². The van der Waals surface area contributed by atoms with Crippen molar-refractivity contribution in [3.63, 3.8) is 0 Å². The summed E-state index contributed by atoms with van der Waals surface area (Å²) in [6, 6.07) is 9.04. The van der Waals surface area contributed by atoms with E-state index in [9.17, 15) is 9.59 Å². The van der Waals surface area contributed by atoms with Crippen LogP contribution in [-0.2, 0) is 4.79 Å². The number of rotatable bonds is 4. The Bertz CT molecular complexity index is 702. The molecule has 0 bridgehead atoms. The summed E-state index contributed by atoms with van der Waals surface area (Å²) in [5, 5.41) is 11.6. The zero-order valence-electron chi connectivity index (χ0n) is 11.2. The molecule has 1 aromatic carbocycles. The highest BCUT2D eigenvalue weighted by Crippen LogP contribution is 2.17. The fourth-order valence-corrected chi connectivity index (χ4v) is 2.04. The summed E-state index contributed by atoms with van der Waals surface area (Å²) in [5.41, 5.74) is 1.76. The highest BCUT2D eigenvalue weighted by atomic mass is 79.9. The van der Waals surface area contributed by atoms with Gasteiger partial charge in [-0.25, -0.2) is 4.79 Å². The molecule has 0 aliphatic carbocycles. The summed E-state index contributed by atoms with van der Waals surface area (Å²) >= 11 is 3.33. The van der Waals surface area contributed by atoms with Gasteiger partial charge < -0.3 is 15.4 Å². The highest BCUT2D eigenvalue weighted by molar-refractivity contribution is 9.10. The minimum atomic E-state index is -1.12. The Morgan fingerprint density at radius 3 is 2.57 bits per heavy atom. The van der Waals surface area contributed by atoms with E-state index < -0.39 is 5.97 Å². The molecule has 5 nitrogen and oxygen atoms in total. The van der Waals surface area contributed by atoms with Crippen LogP contribution in [0.15, 0.2) is 40.9 Å². The number of anilines is 1. The Kier molecular flexibility index (Phi) is 4.59. The van der Waals surface area contributed by atoms with Crippen molar-refractivity contribution < 1.29 is 14.7 Å². The van der Waals surface area contributed by atoms with Gasteiger partial charge in [0.05, 0.1) is 5.69 Å². The third kappa shape index (κ3) is 4.06. The maximum Gasteiger partial charge on any atom is 0.354 e. The van der Waals surface area contributed by atoms with E-state index in [1.54, 1.807) is 19.1 Å². The number of aromatic carboxylic acids is 1. The number of aromatic amines is 1. The minimum absolute atomic E-state index is 0.0297. The molecule has 3 N–H and O–H groups in total. The predicted octanol–water partition coefficient (Wildman–Crippen LogP) is 3.44. The van der Waals surface area contributed by atoms with Crippen molar-refractivity contribution in [1.82, 2.24) is 4.98 Å². The molecule has 0 spiro atoms. The summed E-state index contributed by atoms with van der Waals surface area (Å²) < 4.78 is 0.956. The van der Waals surface area contributed by atoms with Crippen molar-refractivity contribution in [2.24, 2.45) is 0 Å². The summed E-state index contributed by atoms with van der Waals surface area (Å²) in [7, 11) is 0. The number of carbonyl (C=O) groups excluding carboxylic acids is 1. The normalized spacial score (nSPS) is 10.8. The number of carboxylic acids is 1. The molecule has 108 valence electrons. The maximum atomic E-state index is 11.8. The summed E-state index contributed by atoms with van der Waals surface area (Å²) in [5.74, 6) is -1.50. The Morgan fingerprint density at radius 1 is 1.29 bits per heavy atom. The van der Waals surface area contributed by atoms with Gasteiger partial charge >= 0.3 is 5.97 Å². The van der Waals surface area contributed by atoms with Crippen molar-refractivity contribution in [2.75, 3.05) is 5.32 Å². The van der Waals surface area contributed by atoms with Crippen LogP contribution in [0.1, 0.15) is 21.7 Å². The average Bonchev–Trinajstić information content (AvgIpc) is 2.79. The molecular weight excluding hydrogens is 336 g/mol. The molecule has 2 rings (SSSR count). The third-order valence-corrected chi connectivity index (χ3v) is 3.25. The fourth-order valence-electron chi connectivity index (χ4n) is 1.78. The Labute approximate surface area is 129 Å². The van der Waals surface area contributed by atoms with Crippen molar-refractivity contribution in [3.8, 4) is 0 Å². The van der Waals surface area contributed by atoms with Gasteiger partial charge in [0.15, 0.2) is 0 Å². The van der Waals surface area contributed by atoms with E-state index in [1.807, 2.05) is 24.3 Å². The van der Waals surface area contributed by atoms with E-state index in [1.165, 1.54) is 6.08 Å². The lowest BCUT2D eigenvalue weighted by molar-refractivity contribution is -0.111. The van der Waals surface area contributed by atoms with E-state index in [4.69, 9.17) is 5.11 Å². The quantitative estimate of drug-likeness (QED) is 0.740. The Balaban J connectivity index is 2.08. The van der Waals surface area contributed by atoms with Crippen LogP contribution in [0.25, 0.3) is 6.08 Å². The van der Waals surface area contributed by atoms with Crippen molar-refractivity contribution in [2.45, 2.75) is 6.92 Å². The molecule has 6 heteroatoms. The zero-order chi connectivity index (χ0) is 15.4. The molecular formula is C15H13BrN2O3. The Morgan fingerprint density at radius 2 is 1.95 bits per heavy atom. The number of hydrogen-bond acceptors (Lipinski definition) is 2. The van der Waals surface area contributed by atoms with Gasteiger partial charge in [0.2, 0.25) is 5.91 Å². The first-order valence-electron chi connectivity index (χ1n) is 6.13. The standard InChI is InChI=1S/C15H13BrN2O3/c1-9-8-12(14(17-9)15(20)21)18-13(19)7-4-10-2-5-11(16)6-3-10/h2-8,17H,1H3,(H,18,19)(H,20,21)/b7-4+. The lowest BCUT2D eigenvalue weighted by Gasteiger charge is -2.00. The molecule has 1 amide bonds. The first-order chi connectivity index (χ1) is 9.95. The fraction of sp³-hybridized carbons (Fsp3) is 0.0667. The van der Waals surface area contributed by atoms with Gasteiger partial charge in [-0.2, -0.15) is 0 Å². The van der Waals surface area contributed by atoms with Gasteiger partial charge in [-0.05, 0) is 36.8 Å². The first kappa shape index (κ1) is 15.1. The number of benzene rings is 1. The van der Waals surface area contributed by atoms with Crippen LogP contribution in [-0.4, -0.2) is 22.0 Å². The molecule has 0 aliphatic heterocycles. The van der Waals surface area contributed by atoms with Crippen LogP contribution < -0.4 is 5.32 Å². The molecule has 21 heavy (non-hydrogen) atoms. The molecule has 0 unspecified atom stereocenters. The largest absolute Gasteiger partial charge is 0.477 e. The third-order valence-electron chi connectivity index (χ3n) is 2.72. The smallest absolute Gasteiger partial charge is 0.354 e. The number of nitrogens with one attached hydrogen (secondary N) is 2. The number of carboxylic acid groups (broad SMARTS) is 1. The molecule has 0 radical (unpaired) electrons. The van der Waals surface area contributed by atoms with Crippen LogP contribution in [0, 0.1) is 6.92 Å². The van der Waals surface area contributed by atoms with Gasteiger partial charge in [-0.3, -0.25) is 4.79 Å². The number of halogens is 1. The molecule has 0 saturated heterocycles. The monoisotopic (exact) mass is 348 g/mol. The summed E-state index contributed by atoms with van der Waals surface area (Å²) in [6.07, 6.45) is 3.01. The average molecular weight is 349 g/mol. The molecule has 0 saturated carbocycles. The minimum Gasteiger partial charge on any atom is -0.477 e. The van der Waals surface area contributed by atoms with Crippen molar-refractivity contribution in [1.29, 1.82) is 0 Å². The molecule has 1 heterocycles.